The van der Waals surface area contributed by atoms with E-state index in [-0.39, 0.29) is 0 Å². The van der Waals surface area contributed by atoms with Crippen molar-refractivity contribution in [3.8, 4) is 0 Å². The molecule has 100 valence electrons. The van der Waals surface area contributed by atoms with E-state index >= 15 is 0 Å². The molecule has 0 aliphatic carbocycles. The zero-order chi connectivity index (χ0) is 14.2. The summed E-state index contributed by atoms with van der Waals surface area (Å²) in [5.41, 5.74) is 0.541. The van der Waals surface area contributed by atoms with E-state index in [1.807, 2.05) is 6.07 Å². The van der Waals surface area contributed by atoms with Crippen LogP contribution in [0.1, 0.15) is 10.4 Å². The lowest BCUT2D eigenvalue weighted by atomic mass is 10.2. The number of benzene rings is 1. The highest BCUT2D eigenvalue weighted by Gasteiger charge is 2.21. The minimum Gasteiger partial charge on any atom is -0.450 e. The molecule has 18 heavy (non-hydrogen) atoms. The molecule has 0 heterocycles. The fraction of sp³-hybridized carbons (Fsp3) is 0.200. The van der Waals surface area contributed by atoms with Crippen molar-refractivity contribution in [1.29, 1.82) is 0 Å². The van der Waals surface area contributed by atoms with Crippen LogP contribution >= 0.6 is 46.4 Å². The molecule has 8 heteroatoms. The molecule has 0 bridgehead atoms. The van der Waals surface area contributed by atoms with Crippen molar-refractivity contribution in [1.82, 2.24) is 0 Å². The molecule has 0 spiro atoms. The summed E-state index contributed by atoms with van der Waals surface area (Å²) in [6, 6.07) is 8.74. The van der Waals surface area contributed by atoms with E-state index in [0.717, 1.165) is 0 Å². The van der Waals surface area contributed by atoms with Crippen LogP contribution in [0.25, 0.3) is 0 Å². The van der Waals surface area contributed by atoms with Gasteiger partial charge in [0.15, 0.2) is 0 Å². The van der Waals surface area contributed by atoms with Crippen LogP contribution in [0.5, 0.6) is 0 Å². The third kappa shape index (κ3) is 10.5. The number of halogens is 4. The lowest BCUT2D eigenvalue weighted by molar-refractivity contribution is 0.0933. The van der Waals surface area contributed by atoms with Gasteiger partial charge in [-0.2, -0.15) is 0 Å². The first-order chi connectivity index (χ1) is 8.22. The van der Waals surface area contributed by atoms with Crippen LogP contribution in [-0.4, -0.2) is 26.9 Å². The van der Waals surface area contributed by atoms with Gasteiger partial charge < -0.3 is 9.84 Å². The number of ether oxygens (including phenoxy) is 1. The second-order valence-corrected chi connectivity index (χ2v) is 5.67. The molecule has 0 aliphatic rings. The average Bonchev–Trinajstić information content (AvgIpc) is 2.27. The third-order valence-corrected chi connectivity index (χ3v) is 1.91. The Hall–Kier alpha value is -0.680. The minimum atomic E-state index is -1.65. The van der Waals surface area contributed by atoms with Crippen LogP contribution in [0, 0.1) is 0 Å². The number of hydrogen-bond acceptors (Lipinski definition) is 3. The molecule has 4 nitrogen and oxygen atoms in total. The zero-order valence-electron chi connectivity index (χ0n) is 8.78. The van der Waals surface area contributed by atoms with Crippen molar-refractivity contribution in [3.05, 3.63) is 35.9 Å². The monoisotopic (exact) mass is 332 g/mol. The summed E-state index contributed by atoms with van der Waals surface area (Å²) in [6.45, 7) is -0.451. The predicted molar refractivity (Wildman–Crippen MR) is 70.9 cm³/mol. The highest BCUT2D eigenvalue weighted by molar-refractivity contribution is 6.68. The quantitative estimate of drug-likeness (QED) is 0.502. The van der Waals surface area contributed by atoms with Crippen LogP contribution < -0.4 is 0 Å². The number of hydrogen-bond donors (Lipinski definition) is 1. The number of carbonyl (C=O) groups excluding carboxylic acids is 1. The predicted octanol–water partition coefficient (Wildman–Crippen LogP) is 4.12. The van der Waals surface area contributed by atoms with Crippen LogP contribution in [0.2, 0.25) is 0 Å². The first-order valence-corrected chi connectivity index (χ1v) is 5.91. The van der Waals surface area contributed by atoms with Crippen molar-refractivity contribution >= 4 is 57.8 Å². The van der Waals surface area contributed by atoms with E-state index in [4.69, 9.17) is 51.5 Å². The lowest BCUT2D eigenvalue weighted by Gasteiger charge is -2.07. The van der Waals surface area contributed by atoms with E-state index in [0.29, 0.717) is 5.56 Å². The molecule has 0 saturated carbocycles. The molecule has 1 N–H and O–H groups in total. The molecule has 0 amide bonds. The summed E-state index contributed by atoms with van der Waals surface area (Å²) in [6.07, 6.45) is -1.46. The van der Waals surface area contributed by atoms with E-state index in [1.54, 1.807) is 24.3 Å². The summed E-state index contributed by atoms with van der Waals surface area (Å²) in [5, 5.41) is 7.47. The SMILES string of the molecule is O=C(Cl)c1ccccc1.O=C(O)OCC(Cl)(Cl)Cl. The molecule has 0 saturated heterocycles. The van der Waals surface area contributed by atoms with Crippen molar-refractivity contribution in [2.75, 3.05) is 6.61 Å². The second-order valence-electron chi connectivity index (χ2n) is 2.81. The Morgan fingerprint density at radius 3 is 1.89 bits per heavy atom. The molecule has 1 rings (SSSR count). The fourth-order valence-corrected chi connectivity index (χ4v) is 1.00. The summed E-state index contributed by atoms with van der Waals surface area (Å²) < 4.78 is 2.27. The minimum absolute atomic E-state index is 0.407. The van der Waals surface area contributed by atoms with Crippen LogP contribution in [-0.2, 0) is 4.74 Å². The van der Waals surface area contributed by atoms with Gasteiger partial charge in [-0.3, -0.25) is 4.79 Å². The molecule has 0 unspecified atom stereocenters. The highest BCUT2D eigenvalue weighted by Crippen LogP contribution is 2.25. The maximum Gasteiger partial charge on any atom is 0.505 e. The average molecular weight is 334 g/mol. The Bertz CT molecular complexity index is 389. The van der Waals surface area contributed by atoms with Crippen LogP contribution in [0.4, 0.5) is 4.79 Å². The van der Waals surface area contributed by atoms with Crippen molar-refractivity contribution < 1.29 is 19.4 Å². The zero-order valence-corrected chi connectivity index (χ0v) is 11.8. The van der Waals surface area contributed by atoms with Crippen molar-refractivity contribution in [2.24, 2.45) is 0 Å². The van der Waals surface area contributed by atoms with Gasteiger partial charge in [0, 0.05) is 5.56 Å². The molecule has 0 atom stereocenters. The van der Waals surface area contributed by atoms with E-state index in [1.165, 1.54) is 0 Å². The lowest BCUT2D eigenvalue weighted by Crippen LogP contribution is -2.15. The van der Waals surface area contributed by atoms with Gasteiger partial charge in [-0.25, -0.2) is 4.79 Å². The molecular formula is C10H8Cl4O4. The Kier molecular flexibility index (Phi) is 8.11. The van der Waals surface area contributed by atoms with E-state index < -0.39 is 21.8 Å². The smallest absolute Gasteiger partial charge is 0.450 e. The van der Waals surface area contributed by atoms with Gasteiger partial charge >= 0.3 is 6.16 Å². The molecule has 0 aromatic heterocycles. The van der Waals surface area contributed by atoms with Crippen LogP contribution in [0.3, 0.4) is 0 Å². The molecule has 0 aliphatic heterocycles. The molecular weight excluding hydrogens is 326 g/mol. The number of carbonyl (C=O) groups is 2. The van der Waals surface area contributed by atoms with Gasteiger partial charge in [-0.05, 0) is 11.6 Å². The maximum absolute atomic E-state index is 10.4. The van der Waals surface area contributed by atoms with Gasteiger partial charge in [0.05, 0.1) is 0 Å². The largest absolute Gasteiger partial charge is 0.505 e. The Balaban J connectivity index is 0.000000321. The molecule has 0 radical (unpaired) electrons. The first kappa shape index (κ1) is 17.3. The molecule has 1 aromatic carbocycles. The first-order valence-electron chi connectivity index (χ1n) is 4.39. The summed E-state index contributed by atoms with van der Waals surface area (Å²) in [4.78, 5) is 20.1. The molecule has 0 fully saturated rings. The van der Waals surface area contributed by atoms with Gasteiger partial charge in [0.2, 0.25) is 3.79 Å². The highest BCUT2D eigenvalue weighted by atomic mass is 35.6. The van der Waals surface area contributed by atoms with Gasteiger partial charge in [-0.1, -0.05) is 65.1 Å². The van der Waals surface area contributed by atoms with Gasteiger partial charge in [-0.15, -0.1) is 0 Å². The standard InChI is InChI=1S/C7H5ClO.C3H3Cl3O3/c8-7(9)6-4-2-1-3-5-6;4-3(5,6)1-9-2(7)8/h1-5H;1H2,(H,7,8). The summed E-state index contributed by atoms with van der Waals surface area (Å²) in [7, 11) is 0. The topological polar surface area (TPSA) is 63.6 Å². The van der Waals surface area contributed by atoms with Gasteiger partial charge in [0.25, 0.3) is 5.24 Å². The van der Waals surface area contributed by atoms with Crippen molar-refractivity contribution in [2.45, 2.75) is 3.79 Å². The summed E-state index contributed by atoms with van der Waals surface area (Å²) in [5.74, 6) is 0. The van der Waals surface area contributed by atoms with Crippen LogP contribution in [0.15, 0.2) is 30.3 Å². The summed E-state index contributed by atoms with van der Waals surface area (Å²) >= 11 is 20.5. The fourth-order valence-electron chi connectivity index (χ4n) is 0.713. The number of carboxylic acid groups (broad SMARTS) is 1. The molecule has 1 aromatic rings. The number of rotatable bonds is 2. The van der Waals surface area contributed by atoms with Gasteiger partial charge in [0.1, 0.15) is 6.61 Å². The normalized spacial score (nSPS) is 10.0. The Labute approximate surface area is 123 Å². The third-order valence-electron chi connectivity index (χ3n) is 1.36. The maximum atomic E-state index is 10.4. The van der Waals surface area contributed by atoms with E-state index in [9.17, 15) is 9.59 Å². The Morgan fingerprint density at radius 2 is 1.67 bits per heavy atom. The second kappa shape index (κ2) is 8.43. The van der Waals surface area contributed by atoms with Crippen molar-refractivity contribution in [3.63, 3.8) is 0 Å². The van der Waals surface area contributed by atoms with E-state index in [2.05, 4.69) is 4.74 Å². The Morgan fingerprint density at radius 1 is 1.17 bits per heavy atom. The number of alkyl halides is 3.